The first-order valence-electron chi connectivity index (χ1n) is 9.04. The Morgan fingerprint density at radius 3 is 2.54 bits per heavy atom. The molecule has 0 unspecified atom stereocenters. The number of aliphatic imine (C=N–C) groups is 1. The molecule has 5 nitrogen and oxygen atoms in total. The first-order chi connectivity index (χ1) is 13.4. The van der Waals surface area contributed by atoms with E-state index in [0.717, 1.165) is 28.8 Å². The number of anilines is 1. The maximum Gasteiger partial charge on any atom is 0.164 e. The highest BCUT2D eigenvalue weighted by atomic mass is 32.2. The number of hydrogen-bond acceptors (Lipinski definition) is 6. The van der Waals surface area contributed by atoms with Gasteiger partial charge in [-0.2, -0.15) is 0 Å². The molecular formula is C20H21FN2O3S2. The van der Waals surface area contributed by atoms with E-state index in [9.17, 15) is 12.8 Å². The highest BCUT2D eigenvalue weighted by Crippen LogP contribution is 2.35. The number of sulfone groups is 1. The summed E-state index contributed by atoms with van der Waals surface area (Å²) >= 11 is 1.61. The van der Waals surface area contributed by atoms with Gasteiger partial charge in [0.15, 0.2) is 15.0 Å². The molecule has 0 aromatic heterocycles. The predicted octanol–water partition coefficient (Wildman–Crippen LogP) is 3.15. The number of benzene rings is 2. The second-order valence-electron chi connectivity index (χ2n) is 6.92. The van der Waals surface area contributed by atoms with Crippen LogP contribution >= 0.6 is 11.8 Å². The Hall–Kier alpha value is -2.06. The van der Waals surface area contributed by atoms with Gasteiger partial charge in [-0.1, -0.05) is 23.9 Å². The molecular weight excluding hydrogens is 399 g/mol. The van der Waals surface area contributed by atoms with Gasteiger partial charge < -0.3 is 9.64 Å². The van der Waals surface area contributed by atoms with Gasteiger partial charge in [0.1, 0.15) is 11.6 Å². The van der Waals surface area contributed by atoms with Crippen LogP contribution in [0, 0.1) is 5.82 Å². The maximum absolute atomic E-state index is 13.3. The third-order valence-electron chi connectivity index (χ3n) is 4.99. The van der Waals surface area contributed by atoms with Gasteiger partial charge in [0.25, 0.3) is 0 Å². The first kappa shape index (κ1) is 19.3. The second-order valence-corrected chi connectivity index (χ2v) is 10.1. The molecule has 0 amide bonds. The van der Waals surface area contributed by atoms with Crippen LogP contribution in [0.25, 0.3) is 0 Å². The van der Waals surface area contributed by atoms with Crippen molar-refractivity contribution in [2.75, 3.05) is 29.3 Å². The molecule has 0 spiro atoms. The SMILES string of the molecule is COc1ccc(CCSC2=N[C@@H]3CS(=O)(=O)C[C@@H]3N2c2ccc(F)cc2)cc1. The van der Waals surface area contributed by atoms with Crippen molar-refractivity contribution in [3.8, 4) is 5.75 Å². The topological polar surface area (TPSA) is 59.0 Å². The number of amidine groups is 1. The smallest absolute Gasteiger partial charge is 0.164 e. The van der Waals surface area contributed by atoms with Gasteiger partial charge in [0.2, 0.25) is 0 Å². The van der Waals surface area contributed by atoms with Crippen LogP contribution in [0.15, 0.2) is 53.5 Å². The van der Waals surface area contributed by atoms with Gasteiger partial charge in [-0.3, -0.25) is 4.99 Å². The highest BCUT2D eigenvalue weighted by Gasteiger charge is 2.47. The maximum atomic E-state index is 13.3. The van der Waals surface area contributed by atoms with Gasteiger partial charge in [0, 0.05) is 11.4 Å². The lowest BCUT2D eigenvalue weighted by atomic mass is 10.1. The summed E-state index contributed by atoms with van der Waals surface area (Å²) in [4.78, 5) is 6.66. The van der Waals surface area contributed by atoms with E-state index in [1.807, 2.05) is 29.2 Å². The second kappa shape index (κ2) is 7.75. The Labute approximate surface area is 168 Å². The largest absolute Gasteiger partial charge is 0.497 e. The standard InChI is InChI=1S/C20H21FN2O3S2/c1-26-17-8-2-14(3-9-17)10-11-27-20-22-18-12-28(24,25)13-19(18)23(20)16-6-4-15(21)5-7-16/h2-9,18-19H,10-13H2,1H3/t18-,19+/m1/s1. The van der Waals surface area contributed by atoms with E-state index in [0.29, 0.717) is 0 Å². The minimum atomic E-state index is -3.09. The van der Waals surface area contributed by atoms with E-state index in [1.54, 1.807) is 31.0 Å². The van der Waals surface area contributed by atoms with Crippen molar-refractivity contribution in [3.63, 3.8) is 0 Å². The van der Waals surface area contributed by atoms with Crippen LogP contribution in [0.4, 0.5) is 10.1 Å². The molecule has 2 aromatic carbocycles. The summed E-state index contributed by atoms with van der Waals surface area (Å²) in [5.74, 6) is 1.49. The van der Waals surface area contributed by atoms with Crippen molar-refractivity contribution in [1.82, 2.24) is 0 Å². The molecule has 1 saturated heterocycles. The third kappa shape index (κ3) is 4.03. The van der Waals surface area contributed by atoms with Crippen LogP contribution in [-0.2, 0) is 16.3 Å². The summed E-state index contributed by atoms with van der Waals surface area (Å²) in [6.45, 7) is 0. The molecule has 28 heavy (non-hydrogen) atoms. The van der Waals surface area contributed by atoms with Crippen LogP contribution in [0.2, 0.25) is 0 Å². The molecule has 2 atom stereocenters. The van der Waals surface area contributed by atoms with Crippen molar-refractivity contribution in [2.45, 2.75) is 18.5 Å². The van der Waals surface area contributed by atoms with E-state index in [-0.39, 0.29) is 29.4 Å². The number of methoxy groups -OCH3 is 1. The van der Waals surface area contributed by atoms with Crippen LogP contribution in [0.3, 0.4) is 0 Å². The molecule has 2 heterocycles. The van der Waals surface area contributed by atoms with Crippen LogP contribution in [0.1, 0.15) is 5.56 Å². The summed E-state index contributed by atoms with van der Waals surface area (Å²) in [5, 5.41) is 0.810. The normalized spacial score (nSPS) is 22.8. The van der Waals surface area contributed by atoms with Gasteiger partial charge in [-0.15, -0.1) is 0 Å². The monoisotopic (exact) mass is 420 g/mol. The Morgan fingerprint density at radius 2 is 1.86 bits per heavy atom. The van der Waals surface area contributed by atoms with Gasteiger partial charge in [-0.05, 0) is 48.4 Å². The van der Waals surface area contributed by atoms with Gasteiger partial charge in [-0.25, -0.2) is 12.8 Å². The fraction of sp³-hybridized carbons (Fsp3) is 0.350. The fourth-order valence-electron chi connectivity index (χ4n) is 3.59. The summed E-state index contributed by atoms with van der Waals surface area (Å²) in [6.07, 6.45) is 0.860. The molecule has 8 heteroatoms. The summed E-state index contributed by atoms with van der Waals surface area (Å²) in [5.41, 5.74) is 1.98. The van der Waals surface area contributed by atoms with Crippen molar-refractivity contribution in [2.24, 2.45) is 4.99 Å². The zero-order valence-corrected chi connectivity index (χ0v) is 17.0. The van der Waals surface area contributed by atoms with E-state index in [1.165, 1.54) is 17.7 Å². The van der Waals surface area contributed by atoms with E-state index in [2.05, 4.69) is 0 Å². The number of hydrogen-bond donors (Lipinski definition) is 0. The van der Waals surface area contributed by atoms with Crippen LogP contribution < -0.4 is 9.64 Å². The van der Waals surface area contributed by atoms with Crippen molar-refractivity contribution in [1.29, 1.82) is 0 Å². The number of fused-ring (bicyclic) bond motifs is 1. The summed E-state index contributed by atoms with van der Waals surface area (Å²) in [7, 11) is -1.45. The van der Waals surface area contributed by atoms with E-state index < -0.39 is 9.84 Å². The summed E-state index contributed by atoms with van der Waals surface area (Å²) < 4.78 is 42.6. The van der Waals surface area contributed by atoms with E-state index >= 15 is 0 Å². The van der Waals surface area contributed by atoms with Crippen molar-refractivity contribution < 1.29 is 17.5 Å². The molecule has 1 fully saturated rings. The quantitative estimate of drug-likeness (QED) is 0.744. The molecule has 0 radical (unpaired) electrons. The number of aryl methyl sites for hydroxylation is 1. The zero-order chi connectivity index (χ0) is 19.7. The minimum absolute atomic E-state index is 0.0813. The molecule has 0 aliphatic carbocycles. The minimum Gasteiger partial charge on any atom is -0.497 e. The lowest BCUT2D eigenvalue weighted by Crippen LogP contribution is -2.39. The highest BCUT2D eigenvalue weighted by molar-refractivity contribution is 8.14. The number of halogens is 1. The number of ether oxygens (including phenoxy) is 1. The third-order valence-corrected chi connectivity index (χ3v) is 7.66. The molecule has 2 aliphatic rings. The Kier molecular flexibility index (Phi) is 5.33. The van der Waals surface area contributed by atoms with E-state index in [4.69, 9.17) is 9.73 Å². The number of thioether (sulfide) groups is 1. The Bertz CT molecular complexity index is 976. The molecule has 2 aliphatic heterocycles. The fourth-order valence-corrected chi connectivity index (χ4v) is 6.54. The average molecular weight is 421 g/mol. The summed E-state index contributed by atoms with van der Waals surface area (Å²) in [6, 6.07) is 13.6. The predicted molar refractivity (Wildman–Crippen MR) is 112 cm³/mol. The molecule has 0 N–H and O–H groups in total. The lowest BCUT2D eigenvalue weighted by molar-refractivity contribution is 0.414. The molecule has 0 bridgehead atoms. The number of nitrogens with zero attached hydrogens (tertiary/aromatic N) is 2. The van der Waals surface area contributed by atoms with Crippen molar-refractivity contribution in [3.05, 3.63) is 59.9 Å². The lowest BCUT2D eigenvalue weighted by Gasteiger charge is -2.26. The molecule has 4 rings (SSSR count). The van der Waals surface area contributed by atoms with Gasteiger partial charge in [0.05, 0.1) is 30.7 Å². The van der Waals surface area contributed by atoms with Crippen LogP contribution in [-0.4, -0.2) is 50.0 Å². The van der Waals surface area contributed by atoms with Crippen LogP contribution in [0.5, 0.6) is 5.75 Å². The number of rotatable bonds is 5. The molecule has 2 aromatic rings. The van der Waals surface area contributed by atoms with Crippen molar-refractivity contribution >= 4 is 32.5 Å². The zero-order valence-electron chi connectivity index (χ0n) is 15.4. The Balaban J connectivity index is 1.49. The first-order valence-corrected chi connectivity index (χ1v) is 11.8. The average Bonchev–Trinajstić information content (AvgIpc) is 3.14. The Morgan fingerprint density at radius 1 is 1.14 bits per heavy atom. The molecule has 0 saturated carbocycles. The van der Waals surface area contributed by atoms with Gasteiger partial charge >= 0.3 is 0 Å². The molecule has 148 valence electrons.